The van der Waals surface area contributed by atoms with E-state index in [2.05, 4.69) is 10.6 Å². The van der Waals surface area contributed by atoms with Gasteiger partial charge in [-0.2, -0.15) is 4.31 Å². The summed E-state index contributed by atoms with van der Waals surface area (Å²) in [4.78, 5) is 11.9. The first kappa shape index (κ1) is 21.7. The molecule has 1 saturated heterocycles. The Morgan fingerprint density at radius 3 is 2.60 bits per heavy atom. The number of amides is 1. The topological polar surface area (TPSA) is 97.0 Å². The fraction of sp³-hybridized carbons (Fsp3) is 0.533. The number of carbonyl (C=O) groups excluding carboxylic acids is 1. The SMILES string of the molecule is CCOc1ccc(S(=O)(=O)N2CCOCC2)cc1NC(=O)CNC.Cl. The van der Waals surface area contributed by atoms with Crippen molar-refractivity contribution in [3.63, 3.8) is 0 Å². The molecule has 1 aromatic carbocycles. The first-order valence-electron chi connectivity index (χ1n) is 7.78. The van der Waals surface area contributed by atoms with Gasteiger partial charge >= 0.3 is 0 Å². The lowest BCUT2D eigenvalue weighted by atomic mass is 10.3. The maximum atomic E-state index is 12.7. The van der Waals surface area contributed by atoms with Crippen molar-refractivity contribution in [3.8, 4) is 5.75 Å². The van der Waals surface area contributed by atoms with E-state index in [1.807, 2.05) is 6.92 Å². The highest BCUT2D eigenvalue weighted by Crippen LogP contribution is 2.29. The number of rotatable bonds is 7. The van der Waals surface area contributed by atoms with E-state index in [4.69, 9.17) is 9.47 Å². The van der Waals surface area contributed by atoms with Gasteiger partial charge in [0, 0.05) is 13.1 Å². The van der Waals surface area contributed by atoms with E-state index < -0.39 is 10.0 Å². The van der Waals surface area contributed by atoms with Gasteiger partial charge in [-0.15, -0.1) is 12.4 Å². The van der Waals surface area contributed by atoms with Gasteiger partial charge < -0.3 is 20.1 Å². The summed E-state index contributed by atoms with van der Waals surface area (Å²) in [5, 5.41) is 5.42. The summed E-state index contributed by atoms with van der Waals surface area (Å²) in [5.41, 5.74) is 0.339. The Hall–Kier alpha value is -1.39. The number of hydrogen-bond donors (Lipinski definition) is 2. The molecule has 1 amide bonds. The summed E-state index contributed by atoms with van der Waals surface area (Å²) in [7, 11) is -1.98. The van der Waals surface area contributed by atoms with Crippen molar-refractivity contribution < 1.29 is 22.7 Å². The van der Waals surface area contributed by atoms with Gasteiger partial charge in [0.1, 0.15) is 5.75 Å². The summed E-state index contributed by atoms with van der Waals surface area (Å²) in [6, 6.07) is 4.48. The number of ether oxygens (including phenoxy) is 2. The lowest BCUT2D eigenvalue weighted by molar-refractivity contribution is -0.115. The van der Waals surface area contributed by atoms with Crippen molar-refractivity contribution in [2.24, 2.45) is 0 Å². The molecule has 1 aliphatic heterocycles. The van der Waals surface area contributed by atoms with E-state index in [0.29, 0.717) is 44.3 Å². The first-order valence-corrected chi connectivity index (χ1v) is 9.22. The fourth-order valence-corrected chi connectivity index (χ4v) is 3.77. The number of sulfonamides is 1. The van der Waals surface area contributed by atoms with Gasteiger partial charge in [0.25, 0.3) is 0 Å². The van der Waals surface area contributed by atoms with Crippen LogP contribution in [0.4, 0.5) is 5.69 Å². The van der Waals surface area contributed by atoms with Crippen molar-refractivity contribution in [2.45, 2.75) is 11.8 Å². The van der Waals surface area contributed by atoms with Crippen LogP contribution in [0.3, 0.4) is 0 Å². The predicted molar refractivity (Wildman–Crippen MR) is 97.0 cm³/mol. The van der Waals surface area contributed by atoms with E-state index in [1.54, 1.807) is 13.1 Å². The van der Waals surface area contributed by atoms with Gasteiger partial charge in [0.05, 0.1) is 36.9 Å². The van der Waals surface area contributed by atoms with Crippen LogP contribution in [0.1, 0.15) is 6.92 Å². The van der Waals surface area contributed by atoms with Crippen LogP contribution in [0.5, 0.6) is 5.75 Å². The molecule has 0 radical (unpaired) electrons. The van der Waals surface area contributed by atoms with Gasteiger partial charge in [-0.3, -0.25) is 4.79 Å². The molecular formula is C15H24ClN3O5S. The molecule has 0 aliphatic carbocycles. The molecule has 10 heteroatoms. The summed E-state index contributed by atoms with van der Waals surface area (Å²) >= 11 is 0. The van der Waals surface area contributed by atoms with E-state index in [0.717, 1.165) is 0 Å². The van der Waals surface area contributed by atoms with E-state index in [1.165, 1.54) is 16.4 Å². The number of hydrogen-bond acceptors (Lipinski definition) is 6. The van der Waals surface area contributed by atoms with Crippen LogP contribution >= 0.6 is 12.4 Å². The maximum Gasteiger partial charge on any atom is 0.243 e. The lowest BCUT2D eigenvalue weighted by Gasteiger charge is -2.26. The number of halogens is 1. The summed E-state index contributed by atoms with van der Waals surface area (Å²) in [6.45, 7) is 3.73. The summed E-state index contributed by atoms with van der Waals surface area (Å²) < 4.78 is 37.5. The van der Waals surface area contributed by atoms with Gasteiger partial charge in [-0.05, 0) is 32.2 Å². The van der Waals surface area contributed by atoms with Crippen molar-refractivity contribution in [3.05, 3.63) is 18.2 Å². The highest BCUT2D eigenvalue weighted by Gasteiger charge is 2.27. The second-order valence-corrected chi connectivity index (χ2v) is 7.12. The Balaban J connectivity index is 0.00000312. The third kappa shape index (κ3) is 5.55. The van der Waals surface area contributed by atoms with Gasteiger partial charge in [-0.25, -0.2) is 8.42 Å². The third-order valence-corrected chi connectivity index (χ3v) is 5.36. The molecule has 2 N–H and O–H groups in total. The average Bonchev–Trinajstić information content (AvgIpc) is 2.57. The molecule has 1 fully saturated rings. The van der Waals surface area contributed by atoms with E-state index >= 15 is 0 Å². The lowest BCUT2D eigenvalue weighted by Crippen LogP contribution is -2.40. The normalized spacial score (nSPS) is 15.3. The zero-order valence-electron chi connectivity index (χ0n) is 14.3. The fourth-order valence-electron chi connectivity index (χ4n) is 2.34. The van der Waals surface area contributed by atoms with Crippen LogP contribution < -0.4 is 15.4 Å². The zero-order valence-corrected chi connectivity index (χ0v) is 15.9. The second-order valence-electron chi connectivity index (χ2n) is 5.19. The van der Waals surface area contributed by atoms with E-state index in [-0.39, 0.29) is 29.8 Å². The highest BCUT2D eigenvalue weighted by molar-refractivity contribution is 7.89. The molecule has 0 aromatic heterocycles. The standard InChI is InChI=1S/C15H23N3O5S.ClH/c1-3-23-14-5-4-12(10-13(14)17-15(19)11-16-2)24(20,21)18-6-8-22-9-7-18;/h4-5,10,16H,3,6-9,11H2,1-2H3,(H,17,19);1H. The number of likely N-dealkylation sites (N-methyl/N-ethyl adjacent to an activating group) is 1. The molecule has 1 aromatic rings. The number of anilines is 1. The van der Waals surface area contributed by atoms with Crippen LogP contribution in [0, 0.1) is 0 Å². The molecule has 25 heavy (non-hydrogen) atoms. The minimum atomic E-state index is -3.63. The molecule has 0 atom stereocenters. The number of carbonyl (C=O) groups is 1. The number of nitrogens with one attached hydrogen (secondary N) is 2. The number of benzene rings is 1. The number of nitrogens with zero attached hydrogens (tertiary/aromatic N) is 1. The molecule has 1 aliphatic rings. The van der Waals surface area contributed by atoms with Gasteiger partial charge in [0.15, 0.2) is 0 Å². The zero-order chi connectivity index (χ0) is 17.6. The van der Waals surface area contributed by atoms with Crippen molar-refractivity contribution in [1.29, 1.82) is 0 Å². The molecule has 1 heterocycles. The molecule has 2 rings (SSSR count). The summed E-state index contributed by atoms with van der Waals surface area (Å²) in [5.74, 6) is 0.155. The van der Waals surface area contributed by atoms with Crippen molar-refractivity contribution >= 4 is 34.0 Å². The molecule has 0 unspecified atom stereocenters. The monoisotopic (exact) mass is 393 g/mol. The molecule has 0 bridgehead atoms. The summed E-state index contributed by atoms with van der Waals surface area (Å²) in [6.07, 6.45) is 0. The molecular weight excluding hydrogens is 370 g/mol. The van der Waals surface area contributed by atoms with Gasteiger partial charge in [-0.1, -0.05) is 0 Å². The quantitative estimate of drug-likeness (QED) is 0.707. The van der Waals surface area contributed by atoms with Gasteiger partial charge in [0.2, 0.25) is 15.9 Å². The number of morpholine rings is 1. The Labute approximate surface area is 154 Å². The molecule has 142 valence electrons. The first-order chi connectivity index (χ1) is 11.5. The Kier molecular flexibility index (Phi) is 8.60. The van der Waals surface area contributed by atoms with Crippen LogP contribution in [-0.2, 0) is 19.6 Å². The molecule has 0 spiro atoms. The maximum absolute atomic E-state index is 12.7. The minimum absolute atomic E-state index is 0. The van der Waals surface area contributed by atoms with E-state index in [9.17, 15) is 13.2 Å². The molecule has 0 saturated carbocycles. The average molecular weight is 394 g/mol. The minimum Gasteiger partial charge on any atom is -0.492 e. The Morgan fingerprint density at radius 2 is 2.00 bits per heavy atom. The van der Waals surface area contributed by atoms with Crippen LogP contribution in [0.15, 0.2) is 23.1 Å². The smallest absolute Gasteiger partial charge is 0.243 e. The second kappa shape index (κ2) is 9.93. The van der Waals surface area contributed by atoms with Crippen molar-refractivity contribution in [1.82, 2.24) is 9.62 Å². The predicted octanol–water partition coefficient (Wildman–Crippen LogP) is 0.686. The third-order valence-electron chi connectivity index (χ3n) is 3.47. The van der Waals surface area contributed by atoms with Crippen LogP contribution in [0.25, 0.3) is 0 Å². The Bertz CT molecular complexity index is 678. The van der Waals surface area contributed by atoms with Crippen molar-refractivity contribution in [2.75, 3.05) is 51.8 Å². The Morgan fingerprint density at radius 1 is 1.32 bits per heavy atom. The largest absolute Gasteiger partial charge is 0.492 e. The highest BCUT2D eigenvalue weighted by atomic mass is 35.5. The van der Waals surface area contributed by atoms with Crippen LogP contribution in [0.2, 0.25) is 0 Å². The molecule has 8 nitrogen and oxygen atoms in total. The van der Waals surface area contributed by atoms with Crippen LogP contribution in [-0.4, -0.2) is 65.1 Å².